The largest absolute Gasteiger partial charge is 0.472 e. The summed E-state index contributed by atoms with van der Waals surface area (Å²) in [5.41, 5.74) is 13.8. The van der Waals surface area contributed by atoms with E-state index in [0.717, 1.165) is 50.7 Å². The number of methoxy groups -OCH3 is 1. The third-order valence-corrected chi connectivity index (χ3v) is 21.7. The Morgan fingerprint density at radius 3 is 1.56 bits per heavy atom. The van der Waals surface area contributed by atoms with Gasteiger partial charge in [-0.3, -0.25) is 87.9 Å². The summed E-state index contributed by atoms with van der Waals surface area (Å²) in [6.07, 6.45) is -30.0. The van der Waals surface area contributed by atoms with Gasteiger partial charge in [-0.15, -0.1) is 0 Å². The number of hydrogen-bond acceptors (Lipinski definition) is 40. The van der Waals surface area contributed by atoms with Gasteiger partial charge in [0.15, 0.2) is 58.8 Å². The number of phosphoric ester groups is 6. The zero-order chi connectivity index (χ0) is 79.1. The highest BCUT2D eigenvalue weighted by molar-refractivity contribution is 7.48. The third kappa shape index (κ3) is 17.9. The number of aryl methyl sites for hydroxylation is 2. The van der Waals surface area contributed by atoms with Gasteiger partial charge in [-0.2, -0.15) is 4.98 Å². The number of nitrogens with two attached hydrogens (primary N) is 3. The lowest BCUT2D eigenvalue weighted by Gasteiger charge is -2.28. The molecule has 12 heterocycles. The Balaban J connectivity index is 0.745. The zero-order valence-electron chi connectivity index (χ0n) is 55.4. The van der Waals surface area contributed by atoms with Crippen LogP contribution in [0.5, 0.6) is 0 Å². The fraction of sp³-hybridized carbons (Fsp3) is 0.574. The van der Waals surface area contributed by atoms with Crippen molar-refractivity contribution in [2.75, 3.05) is 64.0 Å². The molecule has 600 valence electrons. The van der Waals surface area contributed by atoms with E-state index in [1.54, 1.807) is 0 Å². The van der Waals surface area contributed by atoms with Crippen LogP contribution in [0.1, 0.15) is 30.7 Å². The molecule has 22 N–H and O–H groups in total. The first-order chi connectivity index (χ1) is 51.0. The number of aromatic nitrogens is 16. The molecule has 8 aromatic heterocycles. The average molecular weight is 1670 g/mol. The lowest BCUT2D eigenvalue weighted by Crippen LogP contribution is -2.46. The second kappa shape index (κ2) is 31.3. The summed E-state index contributed by atoms with van der Waals surface area (Å²) >= 11 is 0. The van der Waals surface area contributed by atoms with Crippen LogP contribution in [-0.4, -0.2) is 270 Å². The van der Waals surface area contributed by atoms with Crippen LogP contribution in [0.25, 0.3) is 44.7 Å². The minimum atomic E-state index is -5.98. The first kappa shape index (κ1) is 81.7. The summed E-state index contributed by atoms with van der Waals surface area (Å²) in [6.45, 7) is -6.91. The second-order valence-corrected chi connectivity index (χ2v) is 32.2. The predicted octanol–water partition coefficient (Wildman–Crippen LogP) is -6.65. The number of H-pyrrole nitrogens is 3. The Labute approximate surface area is 603 Å². The van der Waals surface area contributed by atoms with Gasteiger partial charge in [0.1, 0.15) is 103 Å². The van der Waals surface area contributed by atoms with E-state index in [9.17, 15) is 106 Å². The van der Waals surface area contributed by atoms with Crippen molar-refractivity contribution in [2.24, 2.45) is 7.05 Å². The van der Waals surface area contributed by atoms with E-state index >= 15 is 0 Å². The molecular formula is C47H66N19O37P6+. The van der Waals surface area contributed by atoms with Gasteiger partial charge >= 0.3 is 52.6 Å². The lowest BCUT2D eigenvalue weighted by molar-refractivity contribution is -0.745. The molecule has 62 heteroatoms. The van der Waals surface area contributed by atoms with Crippen LogP contribution in [0.3, 0.4) is 0 Å². The van der Waals surface area contributed by atoms with Crippen LogP contribution < -0.4 is 38.4 Å². The number of anilines is 3. The van der Waals surface area contributed by atoms with Gasteiger partial charge in [-0.1, -0.05) is 4.98 Å². The number of nitrogens with one attached hydrogen (secondary N) is 3. The minimum Gasteiger partial charge on any atom is -0.387 e. The average Bonchev–Trinajstić information content (AvgIpc) is 1.63. The molecule has 0 saturated carbocycles. The van der Waals surface area contributed by atoms with E-state index in [1.807, 2.05) is 0 Å². The maximum absolute atomic E-state index is 14.4. The summed E-state index contributed by atoms with van der Waals surface area (Å²) in [5, 5.41) is 55.8. The molecule has 56 nitrogen and oxygen atoms in total. The Morgan fingerprint density at radius 2 is 0.972 bits per heavy atom. The van der Waals surface area contributed by atoms with Crippen LogP contribution in [0, 0.1) is 6.92 Å². The van der Waals surface area contributed by atoms with Crippen LogP contribution in [-0.2, 0) is 103 Å². The summed E-state index contributed by atoms with van der Waals surface area (Å²) < 4.78 is 165. The summed E-state index contributed by atoms with van der Waals surface area (Å²) in [6, 6.07) is 0. The molecule has 22 atom stereocenters. The van der Waals surface area contributed by atoms with Crippen LogP contribution in [0.2, 0.25) is 0 Å². The van der Waals surface area contributed by atoms with E-state index in [-0.39, 0.29) is 56.7 Å². The van der Waals surface area contributed by atoms with Crippen molar-refractivity contribution in [3.8, 4) is 0 Å². The number of nitrogens with zero attached hydrogens (tertiary/aromatic N) is 13. The van der Waals surface area contributed by atoms with Crippen LogP contribution >= 0.6 is 46.9 Å². The fourth-order valence-electron chi connectivity index (χ4n) is 11.9. The van der Waals surface area contributed by atoms with Gasteiger partial charge in [-0.25, -0.2) is 61.9 Å². The van der Waals surface area contributed by atoms with Crippen LogP contribution in [0.4, 0.5) is 17.7 Å². The maximum atomic E-state index is 14.4. The summed E-state index contributed by atoms with van der Waals surface area (Å²) in [5.74, 6) is -0.880. The van der Waals surface area contributed by atoms with Crippen molar-refractivity contribution in [1.29, 1.82) is 0 Å². The monoisotopic (exact) mass is 1670 g/mol. The van der Waals surface area contributed by atoms with Crippen molar-refractivity contribution in [1.82, 2.24) is 73.1 Å². The number of fused-ring (bicyclic) bond motifs is 4. The van der Waals surface area contributed by atoms with Gasteiger partial charge in [0.25, 0.3) is 22.6 Å². The normalized spacial score (nSPS) is 29.1. The maximum Gasteiger partial charge on any atom is 0.472 e. The Hall–Kier alpha value is -6.74. The zero-order valence-corrected chi connectivity index (χ0v) is 60.7. The van der Waals surface area contributed by atoms with Gasteiger partial charge in [0, 0.05) is 7.11 Å². The number of phosphoric acid groups is 6. The van der Waals surface area contributed by atoms with Crippen LogP contribution in [0.15, 0.2) is 46.0 Å². The van der Waals surface area contributed by atoms with E-state index in [0.29, 0.717) is 0 Å². The molecule has 4 fully saturated rings. The highest BCUT2D eigenvalue weighted by Crippen LogP contribution is 2.55. The predicted molar refractivity (Wildman–Crippen MR) is 346 cm³/mol. The SMILES string of the molecule is CO[C@@H]1[C@H](OP(=O)(O)OC[C@H]2O[C@@H](n3cnc4c(N)ncnc43)[C@H](O)[C@@H]2OP(=O)(O)OC[C@H]2O[C@@H](n3cnc4c(=O)[nH]c(C)nc43)[C@H](O)[C@@H]2O)[C@@H](COP(=O)(O)OCC(OP(=O)(O)O)C(COP(=O)(O)OC[C@H]2O[C@@H]([n+]3cn(C)c4c(=O)[nH]c(N)nc43)[C@H](O)[C@@H]2O)OP(=O)(O)O)O[C@H]1n1cnc2c(=O)[nH]c(N)nc21. The number of aromatic amines is 3. The summed E-state index contributed by atoms with van der Waals surface area (Å²) in [4.78, 5) is 161. The molecule has 0 bridgehead atoms. The Kier molecular flexibility index (Phi) is 23.5. The number of hydrogen-bond donors (Lipinski definition) is 19. The van der Waals surface area contributed by atoms with Crippen molar-refractivity contribution in [2.45, 2.75) is 117 Å². The number of nitrogen functional groups attached to an aromatic ring is 3. The molecule has 0 spiro atoms. The van der Waals surface area contributed by atoms with Crippen molar-refractivity contribution in [3.63, 3.8) is 0 Å². The van der Waals surface area contributed by atoms with Crippen molar-refractivity contribution in [3.05, 3.63) is 68.5 Å². The number of imidazole rings is 4. The van der Waals surface area contributed by atoms with Gasteiger partial charge in [-0.05, 0) is 6.92 Å². The van der Waals surface area contributed by atoms with Crippen molar-refractivity contribution >= 4 is 109 Å². The smallest absolute Gasteiger partial charge is 0.387 e. The topological polar surface area (TPSA) is 807 Å². The molecule has 0 aliphatic carbocycles. The number of aliphatic hydroxyl groups is 5. The van der Waals surface area contributed by atoms with Gasteiger partial charge in [0.05, 0.1) is 65.7 Å². The van der Waals surface area contributed by atoms with Gasteiger partial charge in [0.2, 0.25) is 17.7 Å². The summed E-state index contributed by atoms with van der Waals surface area (Å²) in [7, 11) is -32.6. The van der Waals surface area contributed by atoms with Crippen molar-refractivity contribution < 1.29 is 166 Å². The molecule has 4 aliphatic heterocycles. The number of ether oxygens (including phenoxy) is 5. The molecule has 0 amide bonds. The second-order valence-electron chi connectivity index (χ2n) is 24.1. The molecule has 8 aromatic rings. The molecule has 4 aliphatic rings. The first-order valence-electron chi connectivity index (χ1n) is 30.9. The Bertz CT molecular complexity index is 5210. The molecule has 12 rings (SSSR count). The quantitative estimate of drug-likeness (QED) is 0.0138. The molecule has 6 unspecified atom stereocenters. The molecule has 0 aromatic carbocycles. The highest BCUT2D eigenvalue weighted by Gasteiger charge is 2.55. The lowest BCUT2D eigenvalue weighted by atomic mass is 10.1. The number of aliphatic hydroxyl groups excluding tert-OH is 5. The van der Waals surface area contributed by atoms with E-state index in [2.05, 4.69) is 63.9 Å². The van der Waals surface area contributed by atoms with Gasteiger partial charge < -0.3 is 111 Å². The molecular weight excluding hydrogens is 1610 g/mol. The highest BCUT2D eigenvalue weighted by atomic mass is 31.2. The fourth-order valence-corrected chi connectivity index (χ4v) is 16.4. The molecule has 0 radical (unpaired) electrons. The minimum absolute atomic E-state index is 0.0512. The molecule has 4 saturated heterocycles. The standard InChI is InChI=1S/C47H65N19O37P6/c1-15-56-36-23(39(72)57-15)54-12-64(36)42-28(69)26(67)19(96-42)7-94-108(85,86)102-31-20(98-44(30(31)71)63-11-53-22-34(48)51-10-52-35(22)63)8-95-109(87,88)103-32-21(99-45(33(32)89-3)65-13-55-24-37(65)58-46(49)60-40(24)73)9-93-107(83,84)91-5-17(101-105(78,79)80)16(100-104(75,76)77)4-90-106(81,82)92-6-18-27(68)29(70)43(97-18)66-14-62(2)25-38(66)59-47(50)61-41(25)74/h10-14,16-21,26-33,42-45,67-71H,4-9H2,1-3H3,(H16-,48,49,50,51,52,56,57,58,59,60,61,72,73,74,75,76,77,78,79,80,81,82,83,84,85,86,87,88)/p+1/t16?,17?,18-,19-,20-,21-,26-,27-,28-,29-,30-,31-,32-,33-,42-,43-,44-,45-/m1/s1. The van der Waals surface area contributed by atoms with E-state index in [1.165, 1.54) is 24.9 Å². The van der Waals surface area contributed by atoms with E-state index < -0.39 is 225 Å². The van der Waals surface area contributed by atoms with E-state index in [4.69, 9.17) is 77.1 Å². The first-order valence-corrected chi connectivity index (χ1v) is 40.0. The molecule has 109 heavy (non-hydrogen) atoms. The number of rotatable bonds is 32. The third-order valence-electron chi connectivity index (χ3n) is 16.7. The Morgan fingerprint density at radius 1 is 0.514 bits per heavy atom.